The van der Waals surface area contributed by atoms with Crippen LogP contribution < -0.4 is 0 Å². The lowest BCUT2D eigenvalue weighted by Gasteiger charge is -1.97. The number of rotatable bonds is 4. The number of carbonyl (C=O) groups excluding carboxylic acids is 2. The number of aromatic hydroxyl groups is 2. The van der Waals surface area contributed by atoms with Crippen molar-refractivity contribution < 1.29 is 24.5 Å². The van der Waals surface area contributed by atoms with Crippen LogP contribution in [0.5, 0.6) is 11.5 Å². The standard InChI is InChI=1S/C14H12O5S/c1-2-19-14(18)13-11(17)10(16)12(20-13)9(15)8-6-4-3-5-7-8/h3-7,16-17H,2H2,1H3. The van der Waals surface area contributed by atoms with E-state index in [2.05, 4.69) is 0 Å². The highest BCUT2D eigenvalue weighted by atomic mass is 32.1. The van der Waals surface area contributed by atoms with Crippen LogP contribution in [0.15, 0.2) is 30.3 Å². The SMILES string of the molecule is CCOC(=O)c1sc(C(=O)c2ccccc2)c(O)c1O. The summed E-state index contributed by atoms with van der Waals surface area (Å²) in [5.41, 5.74) is 0.361. The molecule has 0 aliphatic rings. The zero-order valence-electron chi connectivity index (χ0n) is 10.6. The zero-order chi connectivity index (χ0) is 14.7. The van der Waals surface area contributed by atoms with E-state index in [0.717, 1.165) is 0 Å². The van der Waals surface area contributed by atoms with Crippen molar-refractivity contribution in [3.05, 3.63) is 45.6 Å². The Bertz CT molecular complexity index is 645. The Morgan fingerprint density at radius 3 is 2.30 bits per heavy atom. The largest absolute Gasteiger partial charge is 0.503 e. The van der Waals surface area contributed by atoms with Crippen molar-refractivity contribution in [2.75, 3.05) is 6.61 Å². The molecule has 2 aromatic rings. The minimum Gasteiger partial charge on any atom is -0.503 e. The Balaban J connectivity index is 2.41. The molecule has 0 fully saturated rings. The number of hydrogen-bond donors (Lipinski definition) is 2. The van der Waals surface area contributed by atoms with Gasteiger partial charge in [0.2, 0.25) is 5.78 Å². The van der Waals surface area contributed by atoms with Crippen LogP contribution in [-0.2, 0) is 4.74 Å². The lowest BCUT2D eigenvalue weighted by atomic mass is 10.1. The third kappa shape index (κ3) is 2.50. The van der Waals surface area contributed by atoms with Crippen molar-refractivity contribution in [1.29, 1.82) is 0 Å². The number of esters is 1. The lowest BCUT2D eigenvalue weighted by molar-refractivity contribution is 0.0528. The highest BCUT2D eigenvalue weighted by molar-refractivity contribution is 7.16. The molecule has 6 heteroatoms. The maximum atomic E-state index is 12.2. The van der Waals surface area contributed by atoms with Gasteiger partial charge in [-0.1, -0.05) is 30.3 Å². The molecule has 0 aliphatic heterocycles. The van der Waals surface area contributed by atoms with Crippen LogP contribution in [0.2, 0.25) is 0 Å². The predicted octanol–water partition coefficient (Wildman–Crippen LogP) is 2.57. The van der Waals surface area contributed by atoms with Gasteiger partial charge in [-0.25, -0.2) is 4.79 Å². The number of ketones is 1. The van der Waals surface area contributed by atoms with Crippen molar-refractivity contribution in [1.82, 2.24) is 0 Å². The average molecular weight is 292 g/mol. The van der Waals surface area contributed by atoms with E-state index in [4.69, 9.17) is 4.74 Å². The van der Waals surface area contributed by atoms with E-state index in [1.54, 1.807) is 37.3 Å². The first kappa shape index (κ1) is 14.1. The summed E-state index contributed by atoms with van der Waals surface area (Å²) in [5, 5.41) is 19.5. The highest BCUT2D eigenvalue weighted by Crippen LogP contribution is 2.41. The summed E-state index contributed by atoms with van der Waals surface area (Å²) < 4.78 is 4.75. The molecule has 1 heterocycles. The van der Waals surface area contributed by atoms with E-state index in [-0.39, 0.29) is 16.4 Å². The molecule has 1 aromatic heterocycles. The van der Waals surface area contributed by atoms with Gasteiger partial charge in [-0.05, 0) is 6.92 Å². The number of hydrogen-bond acceptors (Lipinski definition) is 6. The molecular formula is C14H12O5S. The topological polar surface area (TPSA) is 83.8 Å². The minimum absolute atomic E-state index is 0.0863. The zero-order valence-corrected chi connectivity index (χ0v) is 11.4. The Kier molecular flexibility index (Phi) is 4.05. The Labute approximate surface area is 119 Å². The predicted molar refractivity (Wildman–Crippen MR) is 73.5 cm³/mol. The van der Waals surface area contributed by atoms with Crippen molar-refractivity contribution in [2.45, 2.75) is 6.92 Å². The number of thiophene rings is 1. The van der Waals surface area contributed by atoms with Crippen LogP contribution in [-0.4, -0.2) is 28.6 Å². The fourth-order valence-corrected chi connectivity index (χ4v) is 2.57. The van der Waals surface area contributed by atoms with Crippen LogP contribution in [0.1, 0.15) is 31.8 Å². The molecule has 0 bridgehead atoms. The van der Waals surface area contributed by atoms with Gasteiger partial charge < -0.3 is 14.9 Å². The van der Waals surface area contributed by atoms with Crippen molar-refractivity contribution >= 4 is 23.1 Å². The molecule has 0 unspecified atom stereocenters. The molecule has 0 aliphatic carbocycles. The average Bonchev–Trinajstić information content (AvgIpc) is 2.76. The molecule has 20 heavy (non-hydrogen) atoms. The molecule has 0 spiro atoms. The van der Waals surface area contributed by atoms with Gasteiger partial charge in [0, 0.05) is 5.56 Å². The first-order valence-electron chi connectivity index (χ1n) is 5.87. The quantitative estimate of drug-likeness (QED) is 0.668. The summed E-state index contributed by atoms with van der Waals surface area (Å²) in [4.78, 5) is 23.5. The third-order valence-electron chi connectivity index (χ3n) is 2.56. The van der Waals surface area contributed by atoms with Crippen molar-refractivity contribution in [2.24, 2.45) is 0 Å². The lowest BCUT2D eigenvalue weighted by Crippen LogP contribution is -2.02. The van der Waals surface area contributed by atoms with Gasteiger partial charge in [-0.15, -0.1) is 11.3 Å². The van der Waals surface area contributed by atoms with E-state index in [1.165, 1.54) is 0 Å². The van der Waals surface area contributed by atoms with Gasteiger partial charge in [-0.3, -0.25) is 4.79 Å². The monoisotopic (exact) mass is 292 g/mol. The van der Waals surface area contributed by atoms with Crippen LogP contribution in [0, 0.1) is 0 Å². The fourth-order valence-electron chi connectivity index (χ4n) is 1.62. The second-order valence-corrected chi connectivity index (χ2v) is 4.89. The molecule has 5 nitrogen and oxygen atoms in total. The summed E-state index contributed by atoms with van der Waals surface area (Å²) in [6, 6.07) is 8.30. The van der Waals surface area contributed by atoms with Gasteiger partial charge in [-0.2, -0.15) is 0 Å². The van der Waals surface area contributed by atoms with Gasteiger partial charge in [0.15, 0.2) is 16.4 Å². The van der Waals surface area contributed by atoms with Gasteiger partial charge in [0.25, 0.3) is 0 Å². The molecule has 104 valence electrons. The summed E-state index contributed by atoms with van der Waals surface area (Å²) in [7, 11) is 0. The number of benzene rings is 1. The fraction of sp³-hybridized carbons (Fsp3) is 0.143. The third-order valence-corrected chi connectivity index (χ3v) is 3.71. The van der Waals surface area contributed by atoms with E-state index in [1.807, 2.05) is 0 Å². The normalized spacial score (nSPS) is 10.2. The molecule has 0 amide bonds. The van der Waals surface area contributed by atoms with E-state index in [9.17, 15) is 19.8 Å². The first-order chi connectivity index (χ1) is 9.56. The molecular weight excluding hydrogens is 280 g/mol. The van der Waals surface area contributed by atoms with Crippen LogP contribution in [0.25, 0.3) is 0 Å². The maximum Gasteiger partial charge on any atom is 0.352 e. The summed E-state index contributed by atoms with van der Waals surface area (Å²) in [6.45, 7) is 1.76. The second-order valence-electron chi connectivity index (χ2n) is 3.87. The highest BCUT2D eigenvalue weighted by Gasteiger charge is 2.27. The van der Waals surface area contributed by atoms with Crippen LogP contribution >= 0.6 is 11.3 Å². The summed E-state index contributed by atoms with van der Waals surface area (Å²) in [6.07, 6.45) is 0. The Morgan fingerprint density at radius 2 is 1.70 bits per heavy atom. The molecule has 0 saturated carbocycles. The molecule has 1 aromatic carbocycles. The van der Waals surface area contributed by atoms with Crippen LogP contribution in [0.3, 0.4) is 0 Å². The van der Waals surface area contributed by atoms with Gasteiger partial charge >= 0.3 is 5.97 Å². The minimum atomic E-state index is -0.766. The Hall–Kier alpha value is -2.34. The van der Waals surface area contributed by atoms with Crippen molar-refractivity contribution in [3.63, 3.8) is 0 Å². The number of ether oxygens (including phenoxy) is 1. The molecule has 0 atom stereocenters. The van der Waals surface area contributed by atoms with Gasteiger partial charge in [0.1, 0.15) is 4.88 Å². The summed E-state index contributed by atoms with van der Waals surface area (Å²) >= 11 is 0.713. The smallest absolute Gasteiger partial charge is 0.352 e. The van der Waals surface area contributed by atoms with E-state index < -0.39 is 23.3 Å². The molecule has 2 N–H and O–H groups in total. The molecule has 0 radical (unpaired) electrons. The van der Waals surface area contributed by atoms with E-state index in [0.29, 0.717) is 16.9 Å². The maximum absolute atomic E-state index is 12.2. The second kappa shape index (κ2) is 5.75. The molecule has 0 saturated heterocycles. The number of carbonyl (C=O) groups is 2. The summed E-state index contributed by atoms with van der Waals surface area (Å²) in [5.74, 6) is -2.43. The van der Waals surface area contributed by atoms with Crippen LogP contribution in [0.4, 0.5) is 0 Å². The first-order valence-corrected chi connectivity index (χ1v) is 6.69. The van der Waals surface area contributed by atoms with Crippen molar-refractivity contribution in [3.8, 4) is 11.5 Å². The van der Waals surface area contributed by atoms with E-state index >= 15 is 0 Å². The molecule has 2 rings (SSSR count). The van der Waals surface area contributed by atoms with Gasteiger partial charge in [0.05, 0.1) is 6.61 Å². The Morgan fingerprint density at radius 1 is 1.10 bits per heavy atom.